The quantitative estimate of drug-likeness (QED) is 0.890. The summed E-state index contributed by atoms with van der Waals surface area (Å²) < 4.78 is 5.23. The van der Waals surface area contributed by atoms with Gasteiger partial charge in [0.2, 0.25) is 11.8 Å². The monoisotopic (exact) mass is 366 g/mol. The number of carbonyl (C=O) groups is 2. The Morgan fingerprint density at radius 3 is 2.59 bits per heavy atom. The topological polar surface area (TPSA) is 58.6 Å². The van der Waals surface area contributed by atoms with Crippen LogP contribution in [0.5, 0.6) is 5.75 Å². The van der Waals surface area contributed by atoms with E-state index in [2.05, 4.69) is 26.1 Å². The van der Waals surface area contributed by atoms with E-state index in [9.17, 15) is 9.59 Å². The number of carbonyl (C=O) groups excluding carboxylic acids is 2. The Bertz CT molecular complexity index is 855. The predicted molar refractivity (Wildman–Crippen MR) is 107 cm³/mol. The van der Waals surface area contributed by atoms with E-state index in [-0.39, 0.29) is 29.6 Å². The second kappa shape index (κ2) is 7.43. The number of ether oxygens (including phenoxy) is 1. The van der Waals surface area contributed by atoms with Crippen molar-refractivity contribution in [1.82, 2.24) is 0 Å². The SMILES string of the molecule is COc1cccc(N2CC(C(=O)Nc3ccccc3C(C)(C)C)CC2=O)c1. The zero-order chi connectivity index (χ0) is 19.6. The molecule has 1 N–H and O–H groups in total. The first-order valence-corrected chi connectivity index (χ1v) is 9.14. The molecule has 0 bridgehead atoms. The molecular formula is C22H26N2O3. The van der Waals surface area contributed by atoms with Gasteiger partial charge in [-0.25, -0.2) is 0 Å². The van der Waals surface area contributed by atoms with Crippen LogP contribution in [0.15, 0.2) is 48.5 Å². The van der Waals surface area contributed by atoms with Gasteiger partial charge >= 0.3 is 0 Å². The highest BCUT2D eigenvalue weighted by atomic mass is 16.5. The van der Waals surface area contributed by atoms with Crippen LogP contribution in [0, 0.1) is 5.92 Å². The van der Waals surface area contributed by atoms with E-state index < -0.39 is 0 Å². The van der Waals surface area contributed by atoms with Crippen LogP contribution in [0.3, 0.4) is 0 Å². The maximum atomic E-state index is 12.8. The van der Waals surface area contributed by atoms with Crippen LogP contribution in [0.1, 0.15) is 32.8 Å². The Balaban J connectivity index is 1.75. The van der Waals surface area contributed by atoms with E-state index >= 15 is 0 Å². The van der Waals surface area contributed by atoms with Crippen molar-refractivity contribution in [1.29, 1.82) is 0 Å². The van der Waals surface area contributed by atoms with Crippen molar-refractivity contribution in [3.63, 3.8) is 0 Å². The van der Waals surface area contributed by atoms with Crippen molar-refractivity contribution in [2.24, 2.45) is 5.92 Å². The van der Waals surface area contributed by atoms with Crippen molar-refractivity contribution in [3.8, 4) is 5.75 Å². The average molecular weight is 366 g/mol. The molecule has 1 saturated heterocycles. The van der Waals surface area contributed by atoms with Gasteiger partial charge in [0.05, 0.1) is 13.0 Å². The number of nitrogens with zero attached hydrogens (tertiary/aromatic N) is 1. The van der Waals surface area contributed by atoms with Crippen LogP contribution in [-0.2, 0) is 15.0 Å². The largest absolute Gasteiger partial charge is 0.497 e. The number of hydrogen-bond acceptors (Lipinski definition) is 3. The smallest absolute Gasteiger partial charge is 0.229 e. The van der Waals surface area contributed by atoms with E-state index in [0.29, 0.717) is 12.3 Å². The highest BCUT2D eigenvalue weighted by molar-refractivity contribution is 6.03. The molecule has 1 unspecified atom stereocenters. The zero-order valence-electron chi connectivity index (χ0n) is 16.3. The molecule has 1 heterocycles. The van der Waals surface area contributed by atoms with Crippen LogP contribution < -0.4 is 15.0 Å². The standard InChI is InChI=1S/C22H26N2O3/c1-22(2,3)18-10-5-6-11-19(18)23-21(26)15-12-20(25)24(14-15)16-8-7-9-17(13-16)27-4/h5-11,13,15H,12,14H2,1-4H3,(H,23,26). The fourth-order valence-electron chi connectivity index (χ4n) is 3.39. The van der Waals surface area contributed by atoms with Gasteiger partial charge in [-0.3, -0.25) is 9.59 Å². The molecule has 2 aromatic carbocycles. The van der Waals surface area contributed by atoms with Crippen molar-refractivity contribution in [2.75, 3.05) is 23.9 Å². The number of para-hydroxylation sites is 1. The number of anilines is 2. The van der Waals surface area contributed by atoms with E-state index in [0.717, 1.165) is 16.9 Å². The summed E-state index contributed by atoms with van der Waals surface area (Å²) in [6, 6.07) is 15.2. The predicted octanol–water partition coefficient (Wildman–Crippen LogP) is 3.98. The van der Waals surface area contributed by atoms with Crippen LogP contribution in [0.25, 0.3) is 0 Å². The van der Waals surface area contributed by atoms with Crippen LogP contribution in [0.4, 0.5) is 11.4 Å². The first-order chi connectivity index (χ1) is 12.8. The summed E-state index contributed by atoms with van der Waals surface area (Å²) in [5.41, 5.74) is 2.56. The van der Waals surface area contributed by atoms with Gasteiger partial charge in [-0.15, -0.1) is 0 Å². The molecule has 0 radical (unpaired) electrons. The Kier molecular flexibility index (Phi) is 5.22. The van der Waals surface area contributed by atoms with Gasteiger partial charge in [-0.05, 0) is 29.2 Å². The molecule has 27 heavy (non-hydrogen) atoms. The van der Waals surface area contributed by atoms with Crippen molar-refractivity contribution < 1.29 is 14.3 Å². The first-order valence-electron chi connectivity index (χ1n) is 9.14. The van der Waals surface area contributed by atoms with E-state index in [1.807, 2.05) is 48.5 Å². The second-order valence-electron chi connectivity index (χ2n) is 7.89. The van der Waals surface area contributed by atoms with E-state index in [4.69, 9.17) is 4.74 Å². The summed E-state index contributed by atoms with van der Waals surface area (Å²) in [5, 5.41) is 3.03. The number of rotatable bonds is 4. The molecule has 1 aliphatic rings. The maximum Gasteiger partial charge on any atom is 0.229 e. The van der Waals surface area contributed by atoms with Crippen LogP contribution >= 0.6 is 0 Å². The van der Waals surface area contributed by atoms with Crippen molar-refractivity contribution >= 4 is 23.2 Å². The summed E-state index contributed by atoms with van der Waals surface area (Å²) >= 11 is 0. The summed E-state index contributed by atoms with van der Waals surface area (Å²) in [7, 11) is 1.59. The normalized spacial score (nSPS) is 17.1. The molecule has 2 amide bonds. The van der Waals surface area contributed by atoms with E-state index in [1.165, 1.54) is 0 Å². The molecule has 1 atom stereocenters. The number of amides is 2. The summed E-state index contributed by atoms with van der Waals surface area (Å²) in [6.07, 6.45) is 0.209. The molecule has 142 valence electrons. The highest BCUT2D eigenvalue weighted by Crippen LogP contribution is 2.31. The third kappa shape index (κ3) is 4.13. The molecule has 3 rings (SSSR count). The molecule has 0 spiro atoms. The molecule has 0 aromatic heterocycles. The second-order valence-corrected chi connectivity index (χ2v) is 7.89. The molecular weight excluding hydrogens is 340 g/mol. The molecule has 5 heteroatoms. The third-order valence-corrected chi connectivity index (χ3v) is 4.85. The number of nitrogens with one attached hydrogen (secondary N) is 1. The number of hydrogen-bond donors (Lipinski definition) is 1. The minimum atomic E-state index is -0.378. The fourth-order valence-corrected chi connectivity index (χ4v) is 3.39. The van der Waals surface area contributed by atoms with Gasteiger partial charge in [-0.1, -0.05) is 45.0 Å². The van der Waals surface area contributed by atoms with Gasteiger partial charge in [0.1, 0.15) is 5.75 Å². The Hall–Kier alpha value is -2.82. The first kappa shape index (κ1) is 19.0. The maximum absolute atomic E-state index is 12.8. The molecule has 0 aliphatic carbocycles. The molecule has 1 fully saturated rings. The number of methoxy groups -OCH3 is 1. The van der Waals surface area contributed by atoms with Crippen LogP contribution in [0.2, 0.25) is 0 Å². The lowest BCUT2D eigenvalue weighted by molar-refractivity contribution is -0.122. The summed E-state index contributed by atoms with van der Waals surface area (Å²) in [6.45, 7) is 6.71. The molecule has 5 nitrogen and oxygen atoms in total. The van der Waals surface area contributed by atoms with Gasteiger partial charge < -0.3 is 15.0 Å². The van der Waals surface area contributed by atoms with Gasteiger partial charge in [0.15, 0.2) is 0 Å². The van der Waals surface area contributed by atoms with Gasteiger partial charge in [0, 0.05) is 30.4 Å². The van der Waals surface area contributed by atoms with E-state index in [1.54, 1.807) is 12.0 Å². The number of benzene rings is 2. The Labute approximate surface area is 160 Å². The Morgan fingerprint density at radius 1 is 1.15 bits per heavy atom. The van der Waals surface area contributed by atoms with Gasteiger partial charge in [0.25, 0.3) is 0 Å². The lowest BCUT2D eigenvalue weighted by Crippen LogP contribution is -2.28. The average Bonchev–Trinajstić information content (AvgIpc) is 3.03. The fraction of sp³-hybridized carbons (Fsp3) is 0.364. The third-order valence-electron chi connectivity index (χ3n) is 4.85. The highest BCUT2D eigenvalue weighted by Gasteiger charge is 2.35. The Morgan fingerprint density at radius 2 is 1.89 bits per heavy atom. The summed E-state index contributed by atoms with van der Waals surface area (Å²) in [5.74, 6) is 0.141. The lowest BCUT2D eigenvalue weighted by atomic mass is 9.85. The van der Waals surface area contributed by atoms with Crippen molar-refractivity contribution in [3.05, 3.63) is 54.1 Å². The van der Waals surface area contributed by atoms with Crippen LogP contribution in [-0.4, -0.2) is 25.5 Å². The zero-order valence-corrected chi connectivity index (χ0v) is 16.3. The molecule has 2 aromatic rings. The molecule has 1 aliphatic heterocycles. The summed E-state index contributed by atoms with van der Waals surface area (Å²) in [4.78, 5) is 27.0. The minimum Gasteiger partial charge on any atom is -0.497 e. The van der Waals surface area contributed by atoms with Crippen molar-refractivity contribution in [2.45, 2.75) is 32.6 Å². The van der Waals surface area contributed by atoms with Gasteiger partial charge in [-0.2, -0.15) is 0 Å². The lowest BCUT2D eigenvalue weighted by Gasteiger charge is -2.23. The minimum absolute atomic E-state index is 0.0486. The molecule has 0 saturated carbocycles.